The summed E-state index contributed by atoms with van der Waals surface area (Å²) in [5, 5.41) is 2.47. The van der Waals surface area contributed by atoms with Crippen LogP contribution >= 0.6 is 0 Å². The molecule has 7 atom stereocenters. The Hall–Kier alpha value is -5.62. The van der Waals surface area contributed by atoms with Crippen LogP contribution in [0, 0.1) is 23.2 Å². The van der Waals surface area contributed by atoms with Crippen LogP contribution in [-0.4, -0.2) is 28.7 Å². The lowest BCUT2D eigenvalue weighted by Gasteiger charge is -2.54. The van der Waals surface area contributed by atoms with Gasteiger partial charge in [0.2, 0.25) is 12.6 Å². The minimum absolute atomic E-state index is 0.0339. The molecule has 336 valence electrons. The second-order valence-electron chi connectivity index (χ2n) is 24.5. The third kappa shape index (κ3) is 4.65. The van der Waals surface area contributed by atoms with Gasteiger partial charge in [0.05, 0.1) is 22.8 Å². The number of fused-ring (bicyclic) bond motifs is 15. The third-order valence-corrected chi connectivity index (χ3v) is 19.3. The molecule has 0 N–H and O–H groups in total. The van der Waals surface area contributed by atoms with Gasteiger partial charge in [-0.1, -0.05) is 139 Å². The topological polar surface area (TPSA) is 32.1 Å². The van der Waals surface area contributed by atoms with E-state index in [0.717, 1.165) is 48.3 Å². The zero-order valence-corrected chi connectivity index (χ0v) is 40.6. The molecule has 3 aromatic carbocycles. The first kappa shape index (κ1) is 39.4. The molecule has 0 saturated heterocycles. The maximum Gasteiger partial charge on any atom is 0.243 e. The number of ether oxygens (including phenoxy) is 1. The van der Waals surface area contributed by atoms with Crippen LogP contribution in [0.15, 0.2) is 141 Å². The Labute approximate surface area is 396 Å². The lowest BCUT2D eigenvalue weighted by Crippen LogP contribution is -2.62. The van der Waals surface area contributed by atoms with Gasteiger partial charge in [0.15, 0.2) is 5.58 Å². The van der Waals surface area contributed by atoms with E-state index in [2.05, 4.69) is 179 Å². The van der Waals surface area contributed by atoms with Crippen LogP contribution in [0.2, 0.25) is 0 Å². The number of allylic oxidation sites excluding steroid dienone is 7. The molecule has 1 spiro atoms. The van der Waals surface area contributed by atoms with Crippen LogP contribution in [0.5, 0.6) is 0 Å². The van der Waals surface area contributed by atoms with Crippen LogP contribution in [0.3, 0.4) is 0 Å². The van der Waals surface area contributed by atoms with E-state index in [-0.39, 0.29) is 40.1 Å². The quantitative estimate of drug-likeness (QED) is 0.187. The van der Waals surface area contributed by atoms with Gasteiger partial charge in [0, 0.05) is 62.1 Å². The Balaban J connectivity index is 1.01. The second kappa shape index (κ2) is 12.5. The van der Waals surface area contributed by atoms with Crippen molar-refractivity contribution in [3.63, 3.8) is 0 Å². The molecule has 6 aliphatic carbocycles. The van der Waals surface area contributed by atoms with Crippen molar-refractivity contribution in [1.29, 1.82) is 0 Å². The Morgan fingerprint density at radius 3 is 2.52 bits per heavy atom. The number of hydrogen-bond donors (Lipinski definition) is 0. The summed E-state index contributed by atoms with van der Waals surface area (Å²) >= 11 is 0. The van der Waals surface area contributed by atoms with Crippen molar-refractivity contribution in [2.24, 2.45) is 23.2 Å². The van der Waals surface area contributed by atoms with Crippen molar-refractivity contribution >= 4 is 58.0 Å². The third-order valence-electron chi connectivity index (χ3n) is 19.3. The SMILES string of the molecule is CC(C)(C)C1=CC2=C3B(C4=CC=CC5C6C7=C(OC8=CC=CCC87)N2C456)c2ccc(N4c5ccc(C(C)(C)C)cc5C5(C)CCCCC45C)cc2N(c2cccc4c5c(oc24)=CCCC=5)C3C1. The van der Waals surface area contributed by atoms with Gasteiger partial charge in [-0.3, -0.25) is 0 Å². The van der Waals surface area contributed by atoms with E-state index in [1.807, 2.05) is 0 Å². The molecule has 15 rings (SSSR count). The van der Waals surface area contributed by atoms with E-state index in [4.69, 9.17) is 9.15 Å². The number of hydrogen-bond acceptors (Lipinski definition) is 5. The molecular weight excluding hydrogens is 818 g/mol. The van der Waals surface area contributed by atoms with E-state index >= 15 is 0 Å². The lowest BCUT2D eigenvalue weighted by molar-refractivity contribution is 0.167. The molecule has 6 heterocycles. The number of furan rings is 1. The van der Waals surface area contributed by atoms with Gasteiger partial charge in [0.25, 0.3) is 0 Å². The molecule has 4 aromatic rings. The summed E-state index contributed by atoms with van der Waals surface area (Å²) in [7, 11) is 0. The van der Waals surface area contributed by atoms with Gasteiger partial charge in [0.1, 0.15) is 11.2 Å². The highest BCUT2D eigenvalue weighted by atomic mass is 16.5. The summed E-state index contributed by atoms with van der Waals surface area (Å²) in [5.41, 5.74) is 18.9. The van der Waals surface area contributed by atoms with Gasteiger partial charge in [-0.15, -0.1) is 0 Å². The molecule has 11 aliphatic rings. The smallest absolute Gasteiger partial charge is 0.243 e. The summed E-state index contributed by atoms with van der Waals surface area (Å²) in [6, 6.07) is 22.2. The highest BCUT2D eigenvalue weighted by Gasteiger charge is 2.80. The van der Waals surface area contributed by atoms with Crippen LogP contribution in [-0.2, 0) is 15.6 Å². The summed E-state index contributed by atoms with van der Waals surface area (Å²) in [6.07, 6.45) is 30.5. The van der Waals surface area contributed by atoms with E-state index in [9.17, 15) is 0 Å². The Kier molecular flexibility index (Phi) is 7.36. The molecular formula is C61H62BN3O2. The lowest BCUT2D eigenvalue weighted by atomic mass is 9.29. The Morgan fingerprint density at radius 1 is 0.821 bits per heavy atom. The monoisotopic (exact) mass is 879 g/mol. The summed E-state index contributed by atoms with van der Waals surface area (Å²) in [6.45, 7) is 19.7. The van der Waals surface area contributed by atoms with Gasteiger partial charge >= 0.3 is 0 Å². The normalized spacial score (nSPS) is 32.1. The minimum Gasteiger partial charge on any atom is -0.454 e. The predicted molar refractivity (Wildman–Crippen MR) is 274 cm³/mol. The fourth-order valence-electron chi connectivity index (χ4n) is 15.9. The molecule has 6 heteroatoms. The van der Waals surface area contributed by atoms with E-state index in [0.29, 0.717) is 17.8 Å². The first-order valence-electron chi connectivity index (χ1n) is 25.8. The van der Waals surface area contributed by atoms with Crippen LogP contribution in [0.1, 0.15) is 118 Å². The first-order valence-corrected chi connectivity index (χ1v) is 25.8. The zero-order chi connectivity index (χ0) is 45.3. The molecule has 5 nitrogen and oxygen atoms in total. The predicted octanol–water partition coefficient (Wildman–Crippen LogP) is 12.3. The van der Waals surface area contributed by atoms with Gasteiger partial charge < -0.3 is 23.9 Å². The molecule has 0 amide bonds. The van der Waals surface area contributed by atoms with Crippen molar-refractivity contribution in [2.75, 3.05) is 9.80 Å². The maximum absolute atomic E-state index is 7.14. The average Bonchev–Trinajstić information content (AvgIpc) is 3.58. The largest absolute Gasteiger partial charge is 0.454 e. The van der Waals surface area contributed by atoms with Crippen molar-refractivity contribution in [3.8, 4) is 0 Å². The van der Waals surface area contributed by atoms with E-state index < -0.39 is 0 Å². The molecule has 5 aliphatic heterocycles. The average molecular weight is 880 g/mol. The maximum atomic E-state index is 7.14. The zero-order valence-electron chi connectivity index (χ0n) is 40.6. The molecule has 0 bridgehead atoms. The van der Waals surface area contributed by atoms with Crippen molar-refractivity contribution in [3.05, 3.63) is 158 Å². The standard InChI is InChI=1S/C61H62BN3O2/c1-57(2,3)35-25-28-44-42(31-35)59(7)29-13-14-30-60(59,8)64(44)37-26-27-43-46(34-37)63(45-21-15-19-39-38-17-9-11-22-49(38)66-55(39)45)47-32-36(58(4,5)6)33-48-54(47)62(43)51-24-16-20-41-53-52-40-18-10-12-23-50(40)67-56(52)65(48)61(41,51)53/h10,12,15-17,19-28,31,33-34,40-41,47,53H,9,11,13-14,18,29-30,32H2,1-8H3. The molecule has 1 aromatic heterocycles. The number of nitrogens with zero attached hydrogens (tertiary/aromatic N) is 3. The van der Waals surface area contributed by atoms with E-state index in [1.54, 1.807) is 5.47 Å². The number of benzene rings is 3. The summed E-state index contributed by atoms with van der Waals surface area (Å²) in [4.78, 5) is 8.35. The fraction of sp³-hybridized carbons (Fsp3) is 0.410. The van der Waals surface area contributed by atoms with Crippen molar-refractivity contribution < 1.29 is 9.15 Å². The number of para-hydroxylation sites is 1. The fourth-order valence-corrected chi connectivity index (χ4v) is 15.9. The summed E-state index contributed by atoms with van der Waals surface area (Å²) < 4.78 is 14.2. The van der Waals surface area contributed by atoms with E-state index in [1.165, 1.54) is 97.9 Å². The number of rotatable bonds is 2. The van der Waals surface area contributed by atoms with Gasteiger partial charge in [-0.25, -0.2) is 0 Å². The molecule has 2 fully saturated rings. The highest BCUT2D eigenvalue weighted by molar-refractivity contribution is 6.89. The van der Waals surface area contributed by atoms with Gasteiger partial charge in [-0.2, -0.15) is 0 Å². The van der Waals surface area contributed by atoms with Crippen molar-refractivity contribution in [2.45, 2.75) is 135 Å². The summed E-state index contributed by atoms with van der Waals surface area (Å²) in [5.74, 6) is 3.42. The second-order valence-corrected chi connectivity index (χ2v) is 24.5. The molecule has 2 saturated carbocycles. The Morgan fingerprint density at radius 2 is 1.67 bits per heavy atom. The molecule has 7 unspecified atom stereocenters. The van der Waals surface area contributed by atoms with Crippen LogP contribution < -0.4 is 25.9 Å². The Bertz CT molecular complexity index is 3360. The van der Waals surface area contributed by atoms with Crippen molar-refractivity contribution in [1.82, 2.24) is 4.90 Å². The molecule has 67 heavy (non-hydrogen) atoms. The van der Waals surface area contributed by atoms with Gasteiger partial charge in [-0.05, 0) is 121 Å². The highest BCUT2D eigenvalue weighted by Crippen LogP contribution is 2.77. The van der Waals surface area contributed by atoms with Crippen LogP contribution in [0.25, 0.3) is 23.1 Å². The van der Waals surface area contributed by atoms with Crippen LogP contribution in [0.4, 0.5) is 22.7 Å². The molecule has 0 radical (unpaired) electrons. The minimum atomic E-state index is -0.142. The number of anilines is 4. The first-order chi connectivity index (χ1) is 32.2.